The quantitative estimate of drug-likeness (QED) is 0.797. The van der Waals surface area contributed by atoms with Crippen LogP contribution in [-0.2, 0) is 17.9 Å². The maximum atomic E-state index is 12.9. The van der Waals surface area contributed by atoms with Crippen LogP contribution in [0, 0.1) is 6.92 Å². The van der Waals surface area contributed by atoms with E-state index in [1.807, 2.05) is 18.4 Å². The highest BCUT2D eigenvalue weighted by atomic mass is 16.2. The molecule has 2 fully saturated rings. The lowest BCUT2D eigenvalue weighted by Gasteiger charge is -2.35. The molecule has 0 unspecified atom stereocenters. The third-order valence-corrected chi connectivity index (χ3v) is 5.11. The Morgan fingerprint density at radius 3 is 2.45 bits per heavy atom. The lowest BCUT2D eigenvalue weighted by atomic mass is 9.81. The summed E-state index contributed by atoms with van der Waals surface area (Å²) in [6.45, 7) is 4.81. The number of urea groups is 1. The highest BCUT2D eigenvalue weighted by Crippen LogP contribution is 2.39. The maximum Gasteiger partial charge on any atom is 0.327 e. The molecule has 1 aromatic heterocycles. The number of hydrogen-bond donors (Lipinski definition) is 0. The van der Waals surface area contributed by atoms with Crippen LogP contribution in [0.4, 0.5) is 4.79 Å². The topological polar surface area (TPSA) is 71.3 Å². The van der Waals surface area contributed by atoms with Gasteiger partial charge in [-0.2, -0.15) is 0 Å². The van der Waals surface area contributed by atoms with Gasteiger partial charge in [-0.3, -0.25) is 9.69 Å². The average Bonchev–Trinajstić information content (AvgIpc) is 2.96. The van der Waals surface area contributed by atoms with Gasteiger partial charge in [0, 0.05) is 13.6 Å². The molecule has 7 nitrogen and oxygen atoms in total. The molecule has 0 atom stereocenters. The first kappa shape index (κ1) is 15.0. The van der Waals surface area contributed by atoms with E-state index in [0.29, 0.717) is 5.82 Å². The zero-order valence-electron chi connectivity index (χ0n) is 13.5. The second-order valence-corrected chi connectivity index (χ2v) is 6.23. The van der Waals surface area contributed by atoms with Crippen LogP contribution in [0.1, 0.15) is 50.7 Å². The molecule has 120 valence electrons. The Bertz CT molecular complexity index is 603. The van der Waals surface area contributed by atoms with Crippen LogP contribution in [-0.4, -0.2) is 49.1 Å². The van der Waals surface area contributed by atoms with E-state index in [-0.39, 0.29) is 18.5 Å². The number of aryl methyl sites for hydroxylation is 1. The summed E-state index contributed by atoms with van der Waals surface area (Å²) >= 11 is 0. The van der Waals surface area contributed by atoms with Crippen LogP contribution < -0.4 is 0 Å². The Balaban J connectivity index is 1.88. The van der Waals surface area contributed by atoms with E-state index in [1.165, 1.54) is 4.90 Å². The Labute approximate surface area is 130 Å². The largest absolute Gasteiger partial charge is 0.327 e. The molecule has 3 rings (SSSR count). The second kappa shape index (κ2) is 5.37. The standard InChI is InChI=1S/C15H23N5O2/c1-4-19-11(2)16-17-12(19)10-20-13(21)15(18(3)14(20)22)8-6-5-7-9-15/h4-10H2,1-3H3. The summed E-state index contributed by atoms with van der Waals surface area (Å²) in [4.78, 5) is 28.5. The fraction of sp³-hybridized carbons (Fsp3) is 0.733. The fourth-order valence-corrected chi connectivity index (χ4v) is 3.77. The third kappa shape index (κ3) is 2.02. The van der Waals surface area contributed by atoms with Gasteiger partial charge < -0.3 is 9.47 Å². The van der Waals surface area contributed by atoms with Crippen molar-refractivity contribution in [3.8, 4) is 0 Å². The van der Waals surface area contributed by atoms with Gasteiger partial charge in [-0.25, -0.2) is 4.79 Å². The molecule has 3 amide bonds. The molecule has 2 heterocycles. The molecule has 1 saturated heterocycles. The molecule has 0 N–H and O–H groups in total. The van der Waals surface area contributed by atoms with Crippen LogP contribution in [0.25, 0.3) is 0 Å². The van der Waals surface area contributed by atoms with E-state index in [2.05, 4.69) is 10.2 Å². The van der Waals surface area contributed by atoms with E-state index in [0.717, 1.165) is 44.5 Å². The molecule has 22 heavy (non-hydrogen) atoms. The lowest BCUT2D eigenvalue weighted by molar-refractivity contribution is -0.135. The summed E-state index contributed by atoms with van der Waals surface area (Å²) in [5, 5.41) is 8.18. The Hall–Kier alpha value is -1.92. The van der Waals surface area contributed by atoms with E-state index in [4.69, 9.17) is 0 Å². The molecular formula is C15H23N5O2. The van der Waals surface area contributed by atoms with Crippen molar-refractivity contribution in [3.05, 3.63) is 11.6 Å². The Morgan fingerprint density at radius 1 is 1.14 bits per heavy atom. The molecule has 1 spiro atoms. The van der Waals surface area contributed by atoms with Gasteiger partial charge in [0.2, 0.25) is 0 Å². The molecule has 1 aliphatic carbocycles. The third-order valence-electron chi connectivity index (χ3n) is 5.11. The summed E-state index contributed by atoms with van der Waals surface area (Å²) in [5.74, 6) is 1.41. The van der Waals surface area contributed by atoms with Crippen molar-refractivity contribution >= 4 is 11.9 Å². The first-order chi connectivity index (χ1) is 10.5. The van der Waals surface area contributed by atoms with E-state index >= 15 is 0 Å². The molecule has 2 aliphatic rings. The van der Waals surface area contributed by atoms with Crippen LogP contribution in [0.15, 0.2) is 0 Å². The smallest absolute Gasteiger partial charge is 0.314 e. The number of amides is 3. The second-order valence-electron chi connectivity index (χ2n) is 6.23. The predicted octanol–water partition coefficient (Wildman–Crippen LogP) is 1.70. The minimum atomic E-state index is -0.624. The highest BCUT2D eigenvalue weighted by Gasteiger charge is 2.55. The van der Waals surface area contributed by atoms with Gasteiger partial charge in [-0.1, -0.05) is 19.3 Å². The Kier molecular flexibility index (Phi) is 3.66. The minimum absolute atomic E-state index is 0.0667. The van der Waals surface area contributed by atoms with Gasteiger partial charge in [0.1, 0.15) is 11.4 Å². The zero-order valence-corrected chi connectivity index (χ0v) is 13.5. The van der Waals surface area contributed by atoms with Crippen LogP contribution >= 0.6 is 0 Å². The van der Waals surface area contributed by atoms with Crippen molar-refractivity contribution in [2.45, 2.75) is 64.6 Å². The van der Waals surface area contributed by atoms with Crippen molar-refractivity contribution in [2.75, 3.05) is 7.05 Å². The molecule has 0 aromatic carbocycles. The summed E-state index contributed by atoms with van der Waals surface area (Å²) in [6.07, 6.45) is 4.68. The molecule has 0 radical (unpaired) electrons. The molecular weight excluding hydrogens is 282 g/mol. The van der Waals surface area contributed by atoms with Gasteiger partial charge in [0.05, 0.1) is 6.54 Å². The summed E-state index contributed by atoms with van der Waals surface area (Å²) < 4.78 is 1.94. The van der Waals surface area contributed by atoms with Crippen LogP contribution in [0.5, 0.6) is 0 Å². The number of likely N-dealkylation sites (N-methyl/N-ethyl adjacent to an activating group) is 1. The molecule has 1 saturated carbocycles. The van der Waals surface area contributed by atoms with Crippen LogP contribution in [0.2, 0.25) is 0 Å². The molecule has 7 heteroatoms. The van der Waals surface area contributed by atoms with Crippen molar-refractivity contribution in [1.29, 1.82) is 0 Å². The van der Waals surface area contributed by atoms with E-state index < -0.39 is 5.54 Å². The fourth-order valence-electron chi connectivity index (χ4n) is 3.77. The minimum Gasteiger partial charge on any atom is -0.314 e. The van der Waals surface area contributed by atoms with Gasteiger partial charge >= 0.3 is 6.03 Å². The summed E-state index contributed by atoms with van der Waals surface area (Å²) in [7, 11) is 1.75. The molecule has 1 aromatic rings. The SMILES string of the molecule is CCn1c(C)nnc1CN1C(=O)N(C)C2(CCCCC2)C1=O. The number of rotatable bonds is 3. The van der Waals surface area contributed by atoms with Gasteiger partial charge in [0.15, 0.2) is 5.82 Å². The monoisotopic (exact) mass is 305 g/mol. The van der Waals surface area contributed by atoms with Crippen LogP contribution in [0.3, 0.4) is 0 Å². The average molecular weight is 305 g/mol. The number of aromatic nitrogens is 3. The molecule has 0 bridgehead atoms. The summed E-state index contributed by atoms with van der Waals surface area (Å²) in [6, 6.07) is -0.213. The van der Waals surface area contributed by atoms with Gasteiger partial charge in [-0.05, 0) is 26.7 Å². The Morgan fingerprint density at radius 2 is 1.82 bits per heavy atom. The van der Waals surface area contributed by atoms with Crippen molar-refractivity contribution in [3.63, 3.8) is 0 Å². The first-order valence-corrected chi connectivity index (χ1v) is 7.99. The maximum absolute atomic E-state index is 12.9. The zero-order chi connectivity index (χ0) is 15.9. The van der Waals surface area contributed by atoms with Crippen molar-refractivity contribution in [2.24, 2.45) is 0 Å². The van der Waals surface area contributed by atoms with E-state index in [9.17, 15) is 9.59 Å². The van der Waals surface area contributed by atoms with Gasteiger partial charge in [0.25, 0.3) is 5.91 Å². The first-order valence-electron chi connectivity index (χ1n) is 7.99. The normalized spacial score (nSPS) is 21.2. The van der Waals surface area contributed by atoms with Crippen molar-refractivity contribution in [1.82, 2.24) is 24.6 Å². The number of carbonyl (C=O) groups excluding carboxylic acids is 2. The number of nitrogens with zero attached hydrogens (tertiary/aromatic N) is 5. The van der Waals surface area contributed by atoms with E-state index in [1.54, 1.807) is 11.9 Å². The summed E-state index contributed by atoms with van der Waals surface area (Å²) in [5.41, 5.74) is -0.624. The molecule has 1 aliphatic heterocycles. The van der Waals surface area contributed by atoms with Crippen molar-refractivity contribution < 1.29 is 9.59 Å². The number of imide groups is 1. The highest BCUT2D eigenvalue weighted by molar-refractivity contribution is 6.06. The van der Waals surface area contributed by atoms with Gasteiger partial charge in [-0.15, -0.1) is 10.2 Å². The predicted molar refractivity (Wildman–Crippen MR) is 80.0 cm³/mol. The lowest BCUT2D eigenvalue weighted by Crippen LogP contribution is -2.49. The number of carbonyl (C=O) groups is 2. The number of hydrogen-bond acceptors (Lipinski definition) is 4.